The van der Waals surface area contributed by atoms with Crippen LogP contribution in [-0.2, 0) is 4.74 Å². The Morgan fingerprint density at radius 3 is 2.69 bits per heavy atom. The molecular formula is C22H28N4O3. The minimum Gasteiger partial charge on any atom is -0.444 e. The van der Waals surface area contributed by atoms with E-state index in [2.05, 4.69) is 5.10 Å². The average Bonchev–Trinajstić information content (AvgIpc) is 3.15. The number of benzene rings is 1. The molecule has 0 bridgehead atoms. The fourth-order valence-corrected chi connectivity index (χ4v) is 4.11. The molecule has 0 saturated carbocycles. The molecule has 0 aliphatic carbocycles. The summed E-state index contributed by atoms with van der Waals surface area (Å²) >= 11 is 0. The number of fused-ring (bicyclic) bond motifs is 1. The van der Waals surface area contributed by atoms with Gasteiger partial charge >= 0.3 is 6.09 Å². The number of hydrogen-bond acceptors (Lipinski definition) is 4. The van der Waals surface area contributed by atoms with Crippen LogP contribution in [0.15, 0.2) is 36.7 Å². The van der Waals surface area contributed by atoms with Crippen LogP contribution < -0.4 is 0 Å². The van der Waals surface area contributed by atoms with Crippen LogP contribution in [0.2, 0.25) is 0 Å². The molecule has 29 heavy (non-hydrogen) atoms. The van der Waals surface area contributed by atoms with Gasteiger partial charge in [-0.1, -0.05) is 11.6 Å². The molecule has 7 nitrogen and oxygen atoms in total. The highest BCUT2D eigenvalue weighted by atomic mass is 16.6. The van der Waals surface area contributed by atoms with E-state index in [-0.39, 0.29) is 18.0 Å². The minimum atomic E-state index is -0.521. The Balaban J connectivity index is 1.52. The molecule has 2 aliphatic heterocycles. The van der Waals surface area contributed by atoms with Crippen molar-refractivity contribution in [1.29, 1.82) is 0 Å². The van der Waals surface area contributed by atoms with Crippen LogP contribution in [0.1, 0.15) is 43.1 Å². The smallest absolute Gasteiger partial charge is 0.410 e. The number of carbonyl (C=O) groups is 2. The van der Waals surface area contributed by atoms with Gasteiger partial charge in [0.05, 0.1) is 17.3 Å². The largest absolute Gasteiger partial charge is 0.444 e. The molecular weight excluding hydrogens is 368 g/mol. The van der Waals surface area contributed by atoms with Gasteiger partial charge in [-0.05, 0) is 52.3 Å². The molecule has 7 heteroatoms. The number of likely N-dealkylation sites (tertiary alicyclic amines) is 2. The summed E-state index contributed by atoms with van der Waals surface area (Å²) in [5.41, 5.74) is 1.91. The summed E-state index contributed by atoms with van der Waals surface area (Å²) in [4.78, 5) is 29.5. The Kier molecular flexibility index (Phi) is 4.84. The molecule has 2 aliphatic rings. The first-order valence-corrected chi connectivity index (χ1v) is 10.1. The maximum absolute atomic E-state index is 13.4. The molecule has 2 fully saturated rings. The van der Waals surface area contributed by atoms with E-state index in [9.17, 15) is 9.59 Å². The van der Waals surface area contributed by atoms with Crippen molar-refractivity contribution < 1.29 is 14.3 Å². The van der Waals surface area contributed by atoms with E-state index in [1.54, 1.807) is 15.8 Å². The van der Waals surface area contributed by atoms with Crippen molar-refractivity contribution >= 4 is 12.0 Å². The van der Waals surface area contributed by atoms with Gasteiger partial charge in [0.2, 0.25) is 0 Å². The minimum absolute atomic E-state index is 0.0197. The third kappa shape index (κ3) is 3.86. The van der Waals surface area contributed by atoms with Crippen molar-refractivity contribution in [1.82, 2.24) is 19.6 Å². The zero-order chi connectivity index (χ0) is 20.8. The van der Waals surface area contributed by atoms with E-state index in [0.717, 1.165) is 17.7 Å². The highest BCUT2D eigenvalue weighted by Gasteiger charge is 2.47. The number of aryl methyl sites for hydroxylation is 1. The van der Waals surface area contributed by atoms with E-state index >= 15 is 0 Å². The molecule has 4 rings (SSSR count). The van der Waals surface area contributed by atoms with Crippen LogP contribution in [0.3, 0.4) is 0 Å². The lowest BCUT2D eigenvalue weighted by Gasteiger charge is -2.53. The second-order valence-electron chi connectivity index (χ2n) is 8.97. The molecule has 0 N–H and O–H groups in total. The van der Waals surface area contributed by atoms with Crippen LogP contribution in [0, 0.1) is 12.8 Å². The third-order valence-electron chi connectivity index (χ3n) is 5.60. The van der Waals surface area contributed by atoms with Gasteiger partial charge in [0.25, 0.3) is 5.91 Å². The summed E-state index contributed by atoms with van der Waals surface area (Å²) in [6, 6.07) is 7.69. The predicted molar refractivity (Wildman–Crippen MR) is 109 cm³/mol. The van der Waals surface area contributed by atoms with Crippen LogP contribution in [-0.4, -0.2) is 62.9 Å². The molecule has 154 valence electrons. The molecule has 1 aromatic carbocycles. The Morgan fingerprint density at radius 1 is 1.21 bits per heavy atom. The van der Waals surface area contributed by atoms with Gasteiger partial charge in [0.1, 0.15) is 5.60 Å². The number of hydrogen-bond donors (Lipinski definition) is 0. The van der Waals surface area contributed by atoms with Gasteiger partial charge in [-0.15, -0.1) is 0 Å². The quantitative estimate of drug-likeness (QED) is 0.781. The first-order valence-electron chi connectivity index (χ1n) is 10.1. The summed E-state index contributed by atoms with van der Waals surface area (Å²) in [6.07, 6.45) is 4.15. The van der Waals surface area contributed by atoms with Gasteiger partial charge in [-0.2, -0.15) is 5.10 Å². The predicted octanol–water partition coefficient (Wildman–Crippen LogP) is 3.26. The van der Waals surface area contributed by atoms with Gasteiger partial charge in [0.15, 0.2) is 0 Å². The van der Waals surface area contributed by atoms with Crippen LogP contribution in [0.5, 0.6) is 0 Å². The first-order chi connectivity index (χ1) is 13.7. The van der Waals surface area contributed by atoms with E-state index in [0.29, 0.717) is 31.1 Å². The van der Waals surface area contributed by atoms with Crippen molar-refractivity contribution in [2.45, 2.75) is 45.8 Å². The van der Waals surface area contributed by atoms with Gasteiger partial charge in [-0.3, -0.25) is 4.79 Å². The van der Waals surface area contributed by atoms with Crippen molar-refractivity contribution in [3.63, 3.8) is 0 Å². The summed E-state index contributed by atoms with van der Waals surface area (Å²) in [5.74, 6) is 0.420. The van der Waals surface area contributed by atoms with Gasteiger partial charge in [0, 0.05) is 37.9 Å². The Bertz CT molecular complexity index is 917. The zero-order valence-electron chi connectivity index (χ0n) is 17.5. The highest BCUT2D eigenvalue weighted by Crippen LogP contribution is 2.34. The molecule has 0 radical (unpaired) electrons. The average molecular weight is 396 g/mol. The Hall–Kier alpha value is -2.83. The molecule has 0 spiro atoms. The lowest BCUT2D eigenvalue weighted by Crippen LogP contribution is -2.66. The fourth-order valence-electron chi connectivity index (χ4n) is 4.11. The van der Waals surface area contributed by atoms with Gasteiger partial charge < -0.3 is 14.5 Å². The number of amides is 2. The lowest BCUT2D eigenvalue weighted by atomic mass is 9.82. The first kappa shape index (κ1) is 19.5. The monoisotopic (exact) mass is 396 g/mol. The maximum atomic E-state index is 13.4. The van der Waals surface area contributed by atoms with Crippen molar-refractivity contribution in [2.24, 2.45) is 5.92 Å². The standard InChI is InChI=1S/C22H28N4O3/c1-15-6-7-18(26-10-5-9-23-26)17(12-15)20(27)24-11-8-16-13-25(19(16)14-24)21(28)29-22(2,3)4/h5-7,9-10,12,16,19H,8,11,13-14H2,1-4H3/t16-,19-/m0/s1. The van der Waals surface area contributed by atoms with E-state index in [4.69, 9.17) is 4.74 Å². The number of carbonyl (C=O) groups excluding carboxylic acids is 2. The second-order valence-corrected chi connectivity index (χ2v) is 8.97. The third-order valence-corrected chi connectivity index (χ3v) is 5.60. The van der Waals surface area contributed by atoms with Gasteiger partial charge in [-0.25, -0.2) is 9.48 Å². The maximum Gasteiger partial charge on any atom is 0.410 e. The molecule has 2 atom stereocenters. The number of piperidine rings is 1. The second kappa shape index (κ2) is 7.21. The van der Waals surface area contributed by atoms with E-state index in [1.165, 1.54) is 0 Å². The normalized spacial score (nSPS) is 21.4. The van der Waals surface area contributed by atoms with Crippen LogP contribution in [0.25, 0.3) is 5.69 Å². The molecule has 2 amide bonds. The summed E-state index contributed by atoms with van der Waals surface area (Å²) in [7, 11) is 0. The Morgan fingerprint density at radius 2 is 2.00 bits per heavy atom. The SMILES string of the molecule is Cc1ccc(-n2cccn2)c(C(=O)N2CC[C@H]3CN(C(=O)OC(C)(C)C)[C@H]3C2)c1. The molecule has 1 aromatic heterocycles. The Labute approximate surface area is 171 Å². The summed E-state index contributed by atoms with van der Waals surface area (Å²) in [5, 5.41) is 4.29. The molecule has 3 heterocycles. The summed E-state index contributed by atoms with van der Waals surface area (Å²) < 4.78 is 7.24. The fraction of sp³-hybridized carbons (Fsp3) is 0.500. The highest BCUT2D eigenvalue weighted by molar-refractivity contribution is 5.98. The zero-order valence-corrected chi connectivity index (χ0v) is 17.5. The molecule has 0 unspecified atom stereocenters. The number of aromatic nitrogens is 2. The number of ether oxygens (including phenoxy) is 1. The van der Waals surface area contributed by atoms with Crippen molar-refractivity contribution in [3.05, 3.63) is 47.8 Å². The van der Waals surface area contributed by atoms with Crippen LogP contribution >= 0.6 is 0 Å². The topological polar surface area (TPSA) is 67.7 Å². The number of rotatable bonds is 2. The van der Waals surface area contributed by atoms with E-state index in [1.807, 2.05) is 63.1 Å². The lowest BCUT2D eigenvalue weighted by molar-refractivity contribution is -0.0545. The molecule has 2 saturated heterocycles. The van der Waals surface area contributed by atoms with Crippen LogP contribution in [0.4, 0.5) is 4.79 Å². The number of nitrogens with zero attached hydrogens (tertiary/aromatic N) is 4. The van der Waals surface area contributed by atoms with Crippen molar-refractivity contribution in [3.8, 4) is 5.69 Å². The molecule has 2 aromatic rings. The van der Waals surface area contributed by atoms with E-state index < -0.39 is 5.60 Å². The van der Waals surface area contributed by atoms with Crippen molar-refractivity contribution in [2.75, 3.05) is 19.6 Å². The summed E-state index contributed by atoms with van der Waals surface area (Å²) in [6.45, 7) is 9.54.